The van der Waals surface area contributed by atoms with Gasteiger partial charge in [-0.15, -0.1) is 0 Å². The van der Waals surface area contributed by atoms with Gasteiger partial charge in [0.25, 0.3) is 0 Å². The van der Waals surface area contributed by atoms with Gasteiger partial charge in [-0.2, -0.15) is 0 Å². The molecule has 6 nitrogen and oxygen atoms in total. The molecule has 27 heavy (non-hydrogen) atoms. The van der Waals surface area contributed by atoms with Crippen LogP contribution in [-0.2, 0) is 23.7 Å². The molecule has 3 atom stereocenters. The van der Waals surface area contributed by atoms with Gasteiger partial charge in [0.2, 0.25) is 0 Å². The summed E-state index contributed by atoms with van der Waals surface area (Å²) in [6, 6.07) is 8.77. The first kappa shape index (κ1) is 21.1. The number of ether oxygens (including phenoxy) is 4. The number of esters is 2. The van der Waals surface area contributed by atoms with Crippen LogP contribution in [0.5, 0.6) is 0 Å². The zero-order valence-corrected chi connectivity index (χ0v) is 16.8. The Hall–Kier alpha value is -2.18. The van der Waals surface area contributed by atoms with Gasteiger partial charge < -0.3 is 18.9 Å². The van der Waals surface area contributed by atoms with E-state index in [-0.39, 0.29) is 12.5 Å². The average molecular weight is 376 g/mol. The first-order valence-electron chi connectivity index (χ1n) is 8.95. The number of carbonyl (C=O) groups is 2. The van der Waals surface area contributed by atoms with E-state index in [4.69, 9.17) is 18.9 Å². The summed E-state index contributed by atoms with van der Waals surface area (Å²) in [5.41, 5.74) is -0.0970. The minimum atomic E-state index is -1.02. The lowest BCUT2D eigenvalue weighted by atomic mass is 9.86. The van der Waals surface area contributed by atoms with Crippen molar-refractivity contribution in [1.82, 2.24) is 0 Å². The Bertz CT molecular complexity index is 709. The molecule has 148 valence electrons. The smallest absolute Gasteiger partial charge is 0.338 e. The highest BCUT2D eigenvalue weighted by atomic mass is 16.7. The van der Waals surface area contributed by atoms with Gasteiger partial charge >= 0.3 is 11.9 Å². The summed E-state index contributed by atoms with van der Waals surface area (Å²) < 4.78 is 22.4. The van der Waals surface area contributed by atoms with Crippen molar-refractivity contribution in [3.05, 3.63) is 47.5 Å². The van der Waals surface area contributed by atoms with E-state index in [1.165, 1.54) is 7.11 Å². The number of carbonyl (C=O) groups excluding carboxylic acids is 2. The molecule has 0 spiro atoms. The monoisotopic (exact) mass is 376 g/mol. The Kier molecular flexibility index (Phi) is 6.44. The van der Waals surface area contributed by atoms with Gasteiger partial charge in [0, 0.05) is 11.5 Å². The van der Waals surface area contributed by atoms with Gasteiger partial charge in [0.05, 0.1) is 19.3 Å². The van der Waals surface area contributed by atoms with Crippen LogP contribution in [0.1, 0.15) is 45.0 Å². The molecule has 0 radical (unpaired) electrons. The third-order valence-corrected chi connectivity index (χ3v) is 4.55. The summed E-state index contributed by atoms with van der Waals surface area (Å²) in [6.45, 7) is 9.17. The lowest BCUT2D eigenvalue weighted by molar-refractivity contribution is -0.334. The van der Waals surface area contributed by atoms with Crippen molar-refractivity contribution in [2.45, 2.75) is 52.1 Å². The molecule has 0 bridgehead atoms. The fourth-order valence-electron chi connectivity index (χ4n) is 3.17. The minimum absolute atomic E-state index is 0.179. The summed E-state index contributed by atoms with van der Waals surface area (Å²) in [5, 5.41) is 0. The van der Waals surface area contributed by atoms with Crippen LogP contribution in [0.3, 0.4) is 0 Å². The van der Waals surface area contributed by atoms with E-state index in [1.807, 2.05) is 26.8 Å². The second kappa shape index (κ2) is 8.23. The summed E-state index contributed by atoms with van der Waals surface area (Å²) in [4.78, 5) is 24.3. The van der Waals surface area contributed by atoms with Gasteiger partial charge in [-0.05, 0) is 39.8 Å². The molecule has 0 aliphatic carbocycles. The molecule has 1 aromatic rings. The molecule has 1 aliphatic heterocycles. The molecule has 1 heterocycles. The van der Waals surface area contributed by atoms with Crippen molar-refractivity contribution in [3.8, 4) is 0 Å². The van der Waals surface area contributed by atoms with Gasteiger partial charge in [-0.3, -0.25) is 0 Å². The molecule has 6 heteroatoms. The maximum absolute atomic E-state index is 12.6. The van der Waals surface area contributed by atoms with E-state index in [9.17, 15) is 9.59 Å². The summed E-state index contributed by atoms with van der Waals surface area (Å²) in [7, 11) is 1.34. The third kappa shape index (κ3) is 5.17. The van der Waals surface area contributed by atoms with Crippen LogP contribution in [0.2, 0.25) is 0 Å². The van der Waals surface area contributed by atoms with Crippen LogP contribution in [0.15, 0.2) is 42.0 Å². The lowest BCUT2D eigenvalue weighted by Gasteiger charge is -2.48. The molecule has 0 aromatic heterocycles. The number of benzene rings is 1. The van der Waals surface area contributed by atoms with Gasteiger partial charge in [-0.25, -0.2) is 9.59 Å². The van der Waals surface area contributed by atoms with Gasteiger partial charge in [0.1, 0.15) is 6.10 Å². The Morgan fingerprint density at radius 3 is 2.44 bits per heavy atom. The topological polar surface area (TPSA) is 71.1 Å². The maximum atomic E-state index is 12.6. The highest BCUT2D eigenvalue weighted by molar-refractivity contribution is 5.89. The molecule has 2 rings (SSSR count). The van der Waals surface area contributed by atoms with Crippen molar-refractivity contribution in [1.29, 1.82) is 0 Å². The predicted octanol–water partition coefficient (Wildman–Crippen LogP) is 3.51. The number of hydrogen-bond donors (Lipinski definition) is 0. The molecule has 1 aliphatic rings. The first-order valence-corrected chi connectivity index (χ1v) is 8.95. The van der Waals surface area contributed by atoms with Crippen LogP contribution in [0.25, 0.3) is 0 Å². The SMILES string of the molecule is COC(=O)C(C)=CC(C)C1OC(C)(C)OCC1(C)OC(=O)c1ccccc1. The Morgan fingerprint density at radius 2 is 1.85 bits per heavy atom. The molecule has 3 unspecified atom stereocenters. The molecule has 1 saturated heterocycles. The van der Waals surface area contributed by atoms with Crippen LogP contribution in [0.4, 0.5) is 0 Å². The minimum Gasteiger partial charge on any atom is -0.466 e. The predicted molar refractivity (Wildman–Crippen MR) is 100 cm³/mol. The molecular weight excluding hydrogens is 348 g/mol. The van der Waals surface area contributed by atoms with Gasteiger partial charge in [0.15, 0.2) is 11.4 Å². The molecule has 0 saturated carbocycles. The van der Waals surface area contributed by atoms with E-state index in [0.29, 0.717) is 11.1 Å². The van der Waals surface area contributed by atoms with Crippen molar-refractivity contribution >= 4 is 11.9 Å². The van der Waals surface area contributed by atoms with Crippen LogP contribution in [-0.4, -0.2) is 43.1 Å². The molecule has 1 fully saturated rings. The fourth-order valence-corrected chi connectivity index (χ4v) is 3.17. The zero-order chi connectivity index (χ0) is 20.2. The van der Waals surface area contributed by atoms with Crippen molar-refractivity contribution in [3.63, 3.8) is 0 Å². The van der Waals surface area contributed by atoms with Crippen molar-refractivity contribution in [2.75, 3.05) is 13.7 Å². The third-order valence-electron chi connectivity index (χ3n) is 4.55. The Balaban J connectivity index is 2.28. The quantitative estimate of drug-likeness (QED) is 0.578. The highest BCUT2D eigenvalue weighted by Gasteiger charge is 2.49. The van der Waals surface area contributed by atoms with E-state index >= 15 is 0 Å². The largest absolute Gasteiger partial charge is 0.466 e. The van der Waals surface area contributed by atoms with Crippen LogP contribution >= 0.6 is 0 Å². The van der Waals surface area contributed by atoms with E-state index in [1.54, 1.807) is 44.2 Å². The highest BCUT2D eigenvalue weighted by Crippen LogP contribution is 2.37. The van der Waals surface area contributed by atoms with Crippen molar-refractivity contribution < 1.29 is 28.5 Å². The summed E-state index contributed by atoms with van der Waals surface area (Å²) in [6.07, 6.45) is 1.26. The average Bonchev–Trinajstić information content (AvgIpc) is 2.63. The van der Waals surface area contributed by atoms with Crippen LogP contribution < -0.4 is 0 Å². The number of methoxy groups -OCH3 is 1. The van der Waals surface area contributed by atoms with Crippen molar-refractivity contribution in [2.24, 2.45) is 5.92 Å². The van der Waals surface area contributed by atoms with Gasteiger partial charge in [-0.1, -0.05) is 31.2 Å². The van der Waals surface area contributed by atoms with E-state index < -0.39 is 29.4 Å². The number of hydrogen-bond acceptors (Lipinski definition) is 6. The molecule has 1 aromatic carbocycles. The molecule has 0 amide bonds. The molecular formula is C21H28O6. The zero-order valence-electron chi connectivity index (χ0n) is 16.8. The van der Waals surface area contributed by atoms with Crippen LogP contribution in [0, 0.1) is 5.92 Å². The fraction of sp³-hybridized carbons (Fsp3) is 0.524. The second-order valence-corrected chi connectivity index (χ2v) is 7.50. The summed E-state index contributed by atoms with van der Waals surface area (Å²) >= 11 is 0. The standard InChI is InChI=1S/C21H28O6/c1-14(12-15(2)18(22)24-6)17-21(5,13-25-20(3,4)26-17)27-19(23)16-10-8-7-9-11-16/h7-12,14,17H,13H2,1-6H3. The number of rotatable bonds is 5. The van der Waals surface area contributed by atoms with E-state index in [2.05, 4.69) is 0 Å². The first-order chi connectivity index (χ1) is 12.6. The second-order valence-electron chi connectivity index (χ2n) is 7.50. The summed E-state index contributed by atoms with van der Waals surface area (Å²) in [5.74, 6) is -1.90. The normalized spacial score (nSPS) is 26.1. The Labute approximate surface area is 160 Å². The Morgan fingerprint density at radius 1 is 1.22 bits per heavy atom. The lowest BCUT2D eigenvalue weighted by Crippen LogP contribution is -2.60. The molecule has 0 N–H and O–H groups in total. The maximum Gasteiger partial charge on any atom is 0.338 e. The van der Waals surface area contributed by atoms with E-state index in [0.717, 1.165) is 0 Å².